The molecule has 0 bridgehead atoms. The second kappa shape index (κ2) is 5.86. The highest BCUT2D eigenvalue weighted by Gasteiger charge is 2.45. The molecular formula is C16H21BrO3. The van der Waals surface area contributed by atoms with E-state index in [-0.39, 0.29) is 11.9 Å². The summed E-state index contributed by atoms with van der Waals surface area (Å²) < 4.78 is 5.94. The van der Waals surface area contributed by atoms with E-state index in [1.54, 1.807) is 0 Å². The maximum absolute atomic E-state index is 12.0. The number of halogens is 1. The molecule has 1 aliphatic carbocycles. The number of aryl methyl sites for hydroxylation is 1. The standard InChI is InChI=1S/C16H21BrO3/c1-10(2)14(15(18)20-3)16(19)7-6-11-8-13(17)5-4-12(11)9-16/h4-5,8,10,14,19H,6-7,9H2,1-3H3. The zero-order chi connectivity index (χ0) is 14.9. The number of esters is 1. The van der Waals surface area contributed by atoms with Crippen molar-refractivity contribution in [2.45, 2.75) is 38.7 Å². The fourth-order valence-electron chi connectivity index (χ4n) is 3.27. The second-order valence-corrected chi connectivity index (χ2v) is 6.85. The minimum atomic E-state index is -1.01. The second-order valence-electron chi connectivity index (χ2n) is 5.94. The van der Waals surface area contributed by atoms with Gasteiger partial charge < -0.3 is 9.84 Å². The summed E-state index contributed by atoms with van der Waals surface area (Å²) in [6.45, 7) is 3.91. The number of carbonyl (C=O) groups excluding carboxylic acids is 1. The summed E-state index contributed by atoms with van der Waals surface area (Å²) in [4.78, 5) is 12.0. The van der Waals surface area contributed by atoms with E-state index in [2.05, 4.69) is 22.0 Å². The molecule has 0 spiro atoms. The van der Waals surface area contributed by atoms with Gasteiger partial charge in [0.2, 0.25) is 0 Å². The van der Waals surface area contributed by atoms with Gasteiger partial charge >= 0.3 is 5.97 Å². The summed E-state index contributed by atoms with van der Waals surface area (Å²) in [7, 11) is 1.38. The van der Waals surface area contributed by atoms with Crippen LogP contribution in [0.5, 0.6) is 0 Å². The molecule has 2 unspecified atom stereocenters. The van der Waals surface area contributed by atoms with Gasteiger partial charge in [0.15, 0.2) is 0 Å². The molecule has 1 N–H and O–H groups in total. The van der Waals surface area contributed by atoms with Crippen LogP contribution in [-0.4, -0.2) is 23.8 Å². The Morgan fingerprint density at radius 2 is 2.10 bits per heavy atom. The smallest absolute Gasteiger partial charge is 0.311 e. The van der Waals surface area contributed by atoms with Gasteiger partial charge in [0, 0.05) is 10.9 Å². The van der Waals surface area contributed by atoms with E-state index in [1.807, 2.05) is 26.0 Å². The molecule has 20 heavy (non-hydrogen) atoms. The van der Waals surface area contributed by atoms with E-state index in [9.17, 15) is 9.90 Å². The van der Waals surface area contributed by atoms with Gasteiger partial charge in [-0.3, -0.25) is 4.79 Å². The number of benzene rings is 1. The molecule has 0 fully saturated rings. The van der Waals surface area contributed by atoms with Gasteiger partial charge in [0.25, 0.3) is 0 Å². The summed E-state index contributed by atoms with van der Waals surface area (Å²) in [6, 6.07) is 6.10. The maximum Gasteiger partial charge on any atom is 0.311 e. The van der Waals surface area contributed by atoms with Crippen LogP contribution in [0.15, 0.2) is 22.7 Å². The Morgan fingerprint density at radius 3 is 2.70 bits per heavy atom. The van der Waals surface area contributed by atoms with E-state index in [1.165, 1.54) is 12.7 Å². The lowest BCUT2D eigenvalue weighted by atomic mass is 9.69. The highest BCUT2D eigenvalue weighted by Crippen LogP contribution is 2.38. The molecule has 3 nitrogen and oxygen atoms in total. The Labute approximate surface area is 128 Å². The largest absolute Gasteiger partial charge is 0.469 e. The molecule has 1 aliphatic rings. The van der Waals surface area contributed by atoms with Crippen LogP contribution in [0.4, 0.5) is 0 Å². The van der Waals surface area contributed by atoms with Gasteiger partial charge in [-0.1, -0.05) is 35.8 Å². The lowest BCUT2D eigenvalue weighted by Gasteiger charge is -2.40. The molecule has 2 rings (SSSR count). The summed E-state index contributed by atoms with van der Waals surface area (Å²) in [5.74, 6) is -0.753. The molecule has 2 atom stereocenters. The van der Waals surface area contributed by atoms with Gasteiger partial charge in [-0.15, -0.1) is 0 Å². The van der Waals surface area contributed by atoms with Crippen molar-refractivity contribution in [1.29, 1.82) is 0 Å². The Hall–Kier alpha value is -0.870. The van der Waals surface area contributed by atoms with Crippen molar-refractivity contribution in [3.8, 4) is 0 Å². The minimum absolute atomic E-state index is 0.0458. The Morgan fingerprint density at radius 1 is 1.40 bits per heavy atom. The highest BCUT2D eigenvalue weighted by atomic mass is 79.9. The number of carbonyl (C=O) groups is 1. The Kier molecular flexibility index (Phi) is 4.55. The minimum Gasteiger partial charge on any atom is -0.469 e. The summed E-state index contributed by atoms with van der Waals surface area (Å²) in [5.41, 5.74) is 1.36. The topological polar surface area (TPSA) is 46.5 Å². The molecule has 0 aliphatic heterocycles. The van der Waals surface area contributed by atoms with Crippen molar-refractivity contribution >= 4 is 21.9 Å². The summed E-state index contributed by atoms with van der Waals surface area (Å²) in [5, 5.41) is 11.0. The highest BCUT2D eigenvalue weighted by molar-refractivity contribution is 9.10. The lowest BCUT2D eigenvalue weighted by Crippen LogP contribution is -2.49. The molecule has 0 radical (unpaired) electrons. The van der Waals surface area contributed by atoms with Crippen LogP contribution in [0.25, 0.3) is 0 Å². The molecule has 0 saturated carbocycles. The molecular weight excluding hydrogens is 320 g/mol. The van der Waals surface area contributed by atoms with Crippen molar-refractivity contribution in [2.24, 2.45) is 11.8 Å². The van der Waals surface area contributed by atoms with E-state index >= 15 is 0 Å². The SMILES string of the molecule is COC(=O)C(C(C)C)C1(O)CCc2cc(Br)ccc2C1. The van der Waals surface area contributed by atoms with Crippen molar-refractivity contribution in [1.82, 2.24) is 0 Å². The number of hydrogen-bond donors (Lipinski definition) is 1. The Bertz CT molecular complexity index is 512. The molecule has 4 heteroatoms. The summed E-state index contributed by atoms with van der Waals surface area (Å²) in [6.07, 6.45) is 1.88. The molecule has 1 aromatic rings. The fourth-order valence-corrected chi connectivity index (χ4v) is 3.68. The van der Waals surface area contributed by atoms with Crippen LogP contribution in [0, 0.1) is 11.8 Å². The first-order valence-electron chi connectivity index (χ1n) is 6.95. The van der Waals surface area contributed by atoms with Crippen LogP contribution >= 0.6 is 15.9 Å². The van der Waals surface area contributed by atoms with E-state index < -0.39 is 11.5 Å². The van der Waals surface area contributed by atoms with Gasteiger partial charge in [-0.2, -0.15) is 0 Å². The first-order valence-corrected chi connectivity index (χ1v) is 7.74. The van der Waals surface area contributed by atoms with Crippen molar-refractivity contribution in [3.05, 3.63) is 33.8 Å². The number of rotatable bonds is 3. The number of fused-ring (bicyclic) bond motifs is 1. The molecule has 0 amide bonds. The number of aliphatic hydroxyl groups is 1. The zero-order valence-corrected chi connectivity index (χ0v) is 13.7. The normalized spacial score (nSPS) is 23.3. The monoisotopic (exact) mass is 340 g/mol. The molecule has 0 heterocycles. The van der Waals surface area contributed by atoms with Crippen molar-refractivity contribution < 1.29 is 14.6 Å². The summed E-state index contributed by atoms with van der Waals surface area (Å²) >= 11 is 3.47. The fraction of sp³-hybridized carbons (Fsp3) is 0.562. The number of ether oxygens (including phenoxy) is 1. The van der Waals surface area contributed by atoms with Gasteiger partial charge in [-0.25, -0.2) is 0 Å². The van der Waals surface area contributed by atoms with Crippen molar-refractivity contribution in [3.63, 3.8) is 0 Å². The van der Waals surface area contributed by atoms with Crippen LogP contribution in [-0.2, 0) is 22.4 Å². The van der Waals surface area contributed by atoms with E-state index in [4.69, 9.17) is 4.74 Å². The molecule has 110 valence electrons. The van der Waals surface area contributed by atoms with Gasteiger partial charge in [-0.05, 0) is 42.0 Å². The lowest BCUT2D eigenvalue weighted by molar-refractivity contribution is -0.160. The van der Waals surface area contributed by atoms with Crippen LogP contribution in [0.3, 0.4) is 0 Å². The first kappa shape index (κ1) is 15.5. The number of hydrogen-bond acceptors (Lipinski definition) is 3. The van der Waals surface area contributed by atoms with Crippen molar-refractivity contribution in [2.75, 3.05) is 7.11 Å². The van der Waals surface area contributed by atoms with E-state index in [0.29, 0.717) is 12.8 Å². The van der Waals surface area contributed by atoms with Crippen LogP contribution in [0.1, 0.15) is 31.4 Å². The average molecular weight is 341 g/mol. The molecule has 0 aromatic heterocycles. The van der Waals surface area contributed by atoms with Crippen LogP contribution < -0.4 is 0 Å². The third-order valence-corrected chi connectivity index (χ3v) is 4.69. The number of methoxy groups -OCH3 is 1. The third-order valence-electron chi connectivity index (χ3n) is 4.19. The molecule has 0 saturated heterocycles. The van der Waals surface area contributed by atoms with Gasteiger partial charge in [0.1, 0.15) is 0 Å². The Balaban J connectivity index is 2.32. The zero-order valence-electron chi connectivity index (χ0n) is 12.1. The predicted octanol–water partition coefficient (Wildman–Crippen LogP) is 3.11. The third kappa shape index (κ3) is 2.91. The maximum atomic E-state index is 12.0. The van der Waals surface area contributed by atoms with Gasteiger partial charge in [0.05, 0.1) is 18.6 Å². The molecule has 1 aromatic carbocycles. The van der Waals surface area contributed by atoms with Crippen LogP contribution in [0.2, 0.25) is 0 Å². The average Bonchev–Trinajstić information content (AvgIpc) is 2.38. The predicted molar refractivity (Wildman–Crippen MR) is 81.5 cm³/mol. The van der Waals surface area contributed by atoms with E-state index in [0.717, 1.165) is 16.5 Å². The first-order chi connectivity index (χ1) is 9.37. The quantitative estimate of drug-likeness (QED) is 0.860.